The van der Waals surface area contributed by atoms with Gasteiger partial charge in [-0.25, -0.2) is 0 Å². The molecular weight excluding hydrogens is 324 g/mol. The van der Waals surface area contributed by atoms with Crippen LogP contribution in [0.4, 0.5) is 0 Å². The molecule has 1 aromatic carbocycles. The minimum atomic E-state index is 0.416. The Kier molecular flexibility index (Phi) is 5.06. The SMILES string of the molecule is CCc1nn(C)c(CC(CBr)c2ccccc2)c1Cl. The van der Waals surface area contributed by atoms with Crippen LogP contribution in [-0.4, -0.2) is 15.1 Å². The molecule has 1 atom stereocenters. The largest absolute Gasteiger partial charge is 0.271 e. The van der Waals surface area contributed by atoms with Crippen LogP contribution in [0, 0.1) is 0 Å². The summed E-state index contributed by atoms with van der Waals surface area (Å²) in [4.78, 5) is 0. The Bertz CT molecular complexity index is 537. The Hall–Kier alpha value is -0.800. The topological polar surface area (TPSA) is 17.8 Å². The molecule has 1 unspecified atom stereocenters. The van der Waals surface area contributed by atoms with Gasteiger partial charge in [0.15, 0.2) is 0 Å². The molecule has 0 spiro atoms. The molecule has 0 amide bonds. The van der Waals surface area contributed by atoms with Crippen molar-refractivity contribution in [2.75, 3.05) is 5.33 Å². The molecule has 102 valence electrons. The lowest BCUT2D eigenvalue weighted by molar-refractivity contribution is 0.658. The van der Waals surface area contributed by atoms with Crippen LogP contribution in [0.1, 0.15) is 29.8 Å². The maximum Gasteiger partial charge on any atom is 0.0849 e. The fourth-order valence-corrected chi connectivity index (χ4v) is 3.24. The molecule has 2 aromatic rings. The number of halogens is 2. The maximum absolute atomic E-state index is 6.42. The van der Waals surface area contributed by atoms with Crippen LogP contribution >= 0.6 is 27.5 Å². The quantitative estimate of drug-likeness (QED) is 0.739. The van der Waals surface area contributed by atoms with E-state index in [9.17, 15) is 0 Å². The lowest BCUT2D eigenvalue weighted by Crippen LogP contribution is -2.08. The normalized spacial score (nSPS) is 12.6. The van der Waals surface area contributed by atoms with Crippen LogP contribution < -0.4 is 0 Å². The van der Waals surface area contributed by atoms with Gasteiger partial charge in [0.05, 0.1) is 16.4 Å². The molecule has 0 aliphatic carbocycles. The highest BCUT2D eigenvalue weighted by Crippen LogP contribution is 2.28. The summed E-state index contributed by atoms with van der Waals surface area (Å²) >= 11 is 10.0. The Morgan fingerprint density at radius 2 is 2.00 bits per heavy atom. The summed E-state index contributed by atoms with van der Waals surface area (Å²) in [5.41, 5.74) is 3.43. The zero-order chi connectivity index (χ0) is 13.8. The number of alkyl halides is 1. The Morgan fingerprint density at radius 1 is 1.32 bits per heavy atom. The zero-order valence-electron chi connectivity index (χ0n) is 11.2. The second kappa shape index (κ2) is 6.58. The third-order valence-corrected chi connectivity index (χ3v) is 4.62. The molecule has 2 nitrogen and oxygen atoms in total. The first kappa shape index (κ1) is 14.6. The summed E-state index contributed by atoms with van der Waals surface area (Å²) in [5, 5.41) is 6.22. The van der Waals surface area contributed by atoms with Gasteiger partial charge in [-0.1, -0.05) is 64.8 Å². The van der Waals surface area contributed by atoms with E-state index in [-0.39, 0.29) is 0 Å². The number of aromatic nitrogens is 2. The molecule has 0 aliphatic rings. The van der Waals surface area contributed by atoms with Crippen molar-refractivity contribution in [1.82, 2.24) is 9.78 Å². The lowest BCUT2D eigenvalue weighted by Gasteiger charge is -2.15. The number of nitrogens with zero attached hydrogens (tertiary/aromatic N) is 2. The molecule has 0 saturated heterocycles. The van der Waals surface area contributed by atoms with E-state index in [0.717, 1.165) is 34.6 Å². The van der Waals surface area contributed by atoms with E-state index in [2.05, 4.69) is 52.2 Å². The second-order valence-electron chi connectivity index (χ2n) is 4.65. The maximum atomic E-state index is 6.42. The van der Waals surface area contributed by atoms with Gasteiger partial charge in [0.1, 0.15) is 0 Å². The van der Waals surface area contributed by atoms with Crippen LogP contribution in [0.2, 0.25) is 5.02 Å². The Balaban J connectivity index is 2.26. The average Bonchev–Trinajstić information content (AvgIpc) is 2.72. The van der Waals surface area contributed by atoms with Gasteiger partial charge in [0.25, 0.3) is 0 Å². The fraction of sp³-hybridized carbons (Fsp3) is 0.400. The van der Waals surface area contributed by atoms with Crippen LogP contribution in [0.5, 0.6) is 0 Å². The first-order valence-corrected chi connectivity index (χ1v) is 7.98. The van der Waals surface area contributed by atoms with Gasteiger partial charge in [-0.3, -0.25) is 4.68 Å². The van der Waals surface area contributed by atoms with Gasteiger partial charge in [0, 0.05) is 12.4 Å². The Labute approximate surface area is 127 Å². The molecule has 0 N–H and O–H groups in total. The van der Waals surface area contributed by atoms with Crippen LogP contribution in [0.25, 0.3) is 0 Å². The minimum Gasteiger partial charge on any atom is -0.271 e. The molecular formula is C15H18BrClN2. The van der Waals surface area contributed by atoms with E-state index < -0.39 is 0 Å². The van der Waals surface area contributed by atoms with Crippen molar-refractivity contribution in [2.45, 2.75) is 25.7 Å². The van der Waals surface area contributed by atoms with Crippen LogP contribution in [0.15, 0.2) is 30.3 Å². The van der Waals surface area contributed by atoms with E-state index in [1.165, 1.54) is 5.56 Å². The smallest absolute Gasteiger partial charge is 0.0849 e. The van der Waals surface area contributed by atoms with Crippen molar-refractivity contribution in [1.29, 1.82) is 0 Å². The highest BCUT2D eigenvalue weighted by Gasteiger charge is 2.18. The molecule has 0 aliphatic heterocycles. The number of aryl methyl sites for hydroxylation is 2. The minimum absolute atomic E-state index is 0.416. The van der Waals surface area contributed by atoms with E-state index >= 15 is 0 Å². The third kappa shape index (κ3) is 3.21. The van der Waals surface area contributed by atoms with E-state index in [1.807, 2.05) is 17.8 Å². The van der Waals surface area contributed by atoms with E-state index in [1.54, 1.807) is 0 Å². The average molecular weight is 342 g/mol. The molecule has 0 fully saturated rings. The number of benzene rings is 1. The van der Waals surface area contributed by atoms with Crippen molar-refractivity contribution in [3.05, 3.63) is 52.3 Å². The van der Waals surface area contributed by atoms with Crippen molar-refractivity contribution >= 4 is 27.5 Å². The summed E-state index contributed by atoms with van der Waals surface area (Å²) in [7, 11) is 1.97. The van der Waals surface area contributed by atoms with Crippen LogP contribution in [0.3, 0.4) is 0 Å². The van der Waals surface area contributed by atoms with Crippen molar-refractivity contribution in [3.63, 3.8) is 0 Å². The van der Waals surface area contributed by atoms with Crippen molar-refractivity contribution < 1.29 is 0 Å². The van der Waals surface area contributed by atoms with Crippen LogP contribution in [-0.2, 0) is 19.9 Å². The van der Waals surface area contributed by atoms with Gasteiger partial charge >= 0.3 is 0 Å². The zero-order valence-corrected chi connectivity index (χ0v) is 13.6. The van der Waals surface area contributed by atoms with E-state index in [0.29, 0.717) is 5.92 Å². The molecule has 0 bridgehead atoms. The van der Waals surface area contributed by atoms with Gasteiger partial charge in [-0.15, -0.1) is 0 Å². The fourth-order valence-electron chi connectivity index (χ4n) is 2.26. The molecule has 0 saturated carbocycles. The molecule has 1 heterocycles. The Morgan fingerprint density at radius 3 is 2.53 bits per heavy atom. The monoisotopic (exact) mass is 340 g/mol. The summed E-state index contributed by atoms with van der Waals surface area (Å²) in [5.74, 6) is 0.416. The van der Waals surface area contributed by atoms with E-state index in [4.69, 9.17) is 11.6 Å². The summed E-state index contributed by atoms with van der Waals surface area (Å²) in [6.07, 6.45) is 1.77. The highest BCUT2D eigenvalue weighted by atomic mass is 79.9. The van der Waals surface area contributed by atoms with Gasteiger partial charge in [0.2, 0.25) is 0 Å². The number of hydrogen-bond acceptors (Lipinski definition) is 1. The van der Waals surface area contributed by atoms with Gasteiger partial charge in [-0.2, -0.15) is 5.10 Å². The van der Waals surface area contributed by atoms with Gasteiger partial charge in [-0.05, 0) is 24.3 Å². The first-order chi connectivity index (χ1) is 9.17. The van der Waals surface area contributed by atoms with Crippen molar-refractivity contribution in [2.24, 2.45) is 7.05 Å². The summed E-state index contributed by atoms with van der Waals surface area (Å²) in [6.45, 7) is 2.08. The lowest BCUT2D eigenvalue weighted by atomic mass is 9.96. The molecule has 0 radical (unpaired) electrons. The first-order valence-electron chi connectivity index (χ1n) is 6.48. The summed E-state index contributed by atoms with van der Waals surface area (Å²) in [6, 6.07) is 10.5. The summed E-state index contributed by atoms with van der Waals surface area (Å²) < 4.78 is 1.92. The molecule has 2 rings (SSSR count). The molecule has 1 aromatic heterocycles. The number of hydrogen-bond donors (Lipinski definition) is 0. The molecule has 19 heavy (non-hydrogen) atoms. The predicted molar refractivity (Wildman–Crippen MR) is 84.3 cm³/mol. The highest BCUT2D eigenvalue weighted by molar-refractivity contribution is 9.09. The van der Waals surface area contributed by atoms with Crippen molar-refractivity contribution in [3.8, 4) is 0 Å². The standard InChI is InChI=1S/C15H18BrClN2/c1-3-13-15(17)14(19(2)18-13)9-12(10-16)11-7-5-4-6-8-11/h4-8,12H,3,9-10H2,1-2H3. The third-order valence-electron chi connectivity index (χ3n) is 3.40. The van der Waals surface area contributed by atoms with Gasteiger partial charge < -0.3 is 0 Å². The molecule has 4 heteroatoms. The second-order valence-corrected chi connectivity index (χ2v) is 5.68. The number of rotatable bonds is 5. The predicted octanol–water partition coefficient (Wildman–Crippen LogP) is 4.36.